The van der Waals surface area contributed by atoms with Gasteiger partial charge in [0.25, 0.3) is 5.91 Å². The molecule has 0 fully saturated rings. The number of nitrogens with two attached hydrogens (primary N) is 1. The summed E-state index contributed by atoms with van der Waals surface area (Å²) in [5.74, 6) is -1.74. The number of aliphatic hydroxyl groups is 1. The van der Waals surface area contributed by atoms with Gasteiger partial charge in [-0.05, 0) is 57.2 Å². The van der Waals surface area contributed by atoms with Gasteiger partial charge >= 0.3 is 6.03 Å². The summed E-state index contributed by atoms with van der Waals surface area (Å²) in [6.07, 6.45) is -0.632. The van der Waals surface area contributed by atoms with Crippen LogP contribution in [0, 0.1) is 5.92 Å². The van der Waals surface area contributed by atoms with Gasteiger partial charge in [0.2, 0.25) is 11.8 Å². The van der Waals surface area contributed by atoms with Crippen molar-refractivity contribution in [2.45, 2.75) is 77.6 Å². The molecule has 6 N–H and O–H groups in total. The lowest BCUT2D eigenvalue weighted by atomic mass is 9.98. The van der Waals surface area contributed by atoms with E-state index in [-0.39, 0.29) is 24.7 Å². The second-order valence-corrected chi connectivity index (χ2v) is 12.7. The van der Waals surface area contributed by atoms with Crippen LogP contribution < -0.4 is 21.7 Å². The Kier molecular flexibility index (Phi) is 12.4. The van der Waals surface area contributed by atoms with Gasteiger partial charge in [-0.15, -0.1) is 0 Å². The normalized spacial score (nSPS) is 13.5. The van der Waals surface area contributed by atoms with E-state index in [1.165, 1.54) is 11.0 Å². The number of benzene rings is 2. The Balaban J connectivity index is 1.82. The molecule has 1 aromatic heterocycles. The van der Waals surface area contributed by atoms with Crippen molar-refractivity contribution in [3.63, 3.8) is 0 Å². The van der Waals surface area contributed by atoms with Gasteiger partial charge in [0.15, 0.2) is 0 Å². The number of carbonyl (C=O) groups is 4. The minimum atomic E-state index is -1.33. The molecule has 2 aromatic carbocycles. The number of para-hydroxylation sites is 1. The molecule has 1 heterocycles. The van der Waals surface area contributed by atoms with Gasteiger partial charge in [-0.1, -0.05) is 68.4 Å². The average molecular weight is 619 g/mol. The Labute approximate surface area is 265 Å². The van der Waals surface area contributed by atoms with E-state index >= 15 is 0 Å². The molecule has 0 saturated carbocycles. The van der Waals surface area contributed by atoms with Crippen LogP contribution in [-0.4, -0.2) is 75.6 Å². The summed E-state index contributed by atoms with van der Waals surface area (Å²) >= 11 is 0. The number of urea groups is 1. The van der Waals surface area contributed by atoms with Crippen LogP contribution in [0.4, 0.5) is 4.79 Å². The van der Waals surface area contributed by atoms with Gasteiger partial charge in [0, 0.05) is 17.5 Å². The zero-order chi connectivity index (χ0) is 33.1. The molecule has 3 aromatic rings. The lowest BCUT2D eigenvalue weighted by Gasteiger charge is -2.39. The summed E-state index contributed by atoms with van der Waals surface area (Å²) in [7, 11) is 0. The van der Waals surface area contributed by atoms with E-state index < -0.39 is 47.9 Å². The molecule has 45 heavy (non-hydrogen) atoms. The highest BCUT2D eigenvalue weighted by molar-refractivity contribution is 5.99. The second-order valence-electron chi connectivity index (χ2n) is 12.7. The number of fused-ring (bicyclic) bond motifs is 1. The van der Waals surface area contributed by atoms with E-state index in [9.17, 15) is 24.3 Å². The smallest absolute Gasteiger partial charge is 0.317 e. The maximum Gasteiger partial charge on any atom is 0.317 e. The van der Waals surface area contributed by atoms with Crippen LogP contribution in [0.5, 0.6) is 0 Å². The highest BCUT2D eigenvalue weighted by Crippen LogP contribution is 2.17. The average Bonchev–Trinajstić information content (AvgIpc) is 2.98. The topological polar surface area (TPSA) is 167 Å². The molecule has 0 radical (unpaired) electrons. The van der Waals surface area contributed by atoms with Crippen molar-refractivity contribution in [2.75, 3.05) is 13.1 Å². The zero-order valence-electron chi connectivity index (χ0n) is 26.7. The predicted octanol–water partition coefficient (Wildman–Crippen LogP) is 3.15. The number of pyridine rings is 1. The van der Waals surface area contributed by atoms with Crippen LogP contribution in [0.25, 0.3) is 10.9 Å². The number of hydrogen-bond donors (Lipinski definition) is 5. The third kappa shape index (κ3) is 10.9. The van der Waals surface area contributed by atoms with Crippen LogP contribution in [0.15, 0.2) is 66.7 Å². The fourth-order valence-electron chi connectivity index (χ4n) is 4.81. The molecule has 11 nitrogen and oxygen atoms in total. The molecule has 5 amide bonds. The standard InChI is InChI=1S/C34H46N6O5/c1-22(2)17-18-36-33(45)40(34(3,4)5)21-29(41)27(19-23-11-7-6-8-12-23)38-32(44)28(20-30(35)42)39-31(43)26-16-15-24-13-9-10-14-25(24)37-26/h6-16,22,27-29,41H,17-21H2,1-5H3,(H2,35,42)(H,36,45)(H,38,44)(H,39,43)/t27-,28-,29+/m0/s1. The van der Waals surface area contributed by atoms with Crippen LogP contribution >= 0.6 is 0 Å². The largest absolute Gasteiger partial charge is 0.389 e. The second kappa shape index (κ2) is 16.0. The molecule has 0 aliphatic heterocycles. The van der Waals surface area contributed by atoms with E-state index in [2.05, 4.69) is 34.8 Å². The SMILES string of the molecule is CC(C)CCNC(=O)N(C[C@@H](O)[C@H](Cc1ccccc1)NC(=O)[C@H](CC(N)=O)NC(=O)c1ccc2ccccc2n1)C(C)(C)C. The molecule has 0 saturated heterocycles. The Hall–Kier alpha value is -4.51. The van der Waals surface area contributed by atoms with E-state index in [4.69, 9.17) is 5.73 Å². The number of nitrogens with one attached hydrogen (secondary N) is 3. The van der Waals surface area contributed by atoms with E-state index in [0.29, 0.717) is 18.0 Å². The molecule has 242 valence electrons. The van der Waals surface area contributed by atoms with Gasteiger partial charge in [0.05, 0.1) is 30.6 Å². The molecule has 0 spiro atoms. The van der Waals surface area contributed by atoms with Crippen LogP contribution in [0.1, 0.15) is 63.5 Å². The molecular formula is C34H46N6O5. The molecule has 3 rings (SSSR count). The highest BCUT2D eigenvalue weighted by atomic mass is 16.3. The van der Waals surface area contributed by atoms with Crippen molar-refractivity contribution in [1.82, 2.24) is 25.8 Å². The fourth-order valence-corrected chi connectivity index (χ4v) is 4.81. The lowest BCUT2D eigenvalue weighted by Crippen LogP contribution is -2.59. The minimum Gasteiger partial charge on any atom is -0.389 e. The van der Waals surface area contributed by atoms with Gasteiger partial charge in [-0.3, -0.25) is 14.4 Å². The first-order valence-corrected chi connectivity index (χ1v) is 15.3. The molecular weight excluding hydrogens is 572 g/mol. The molecule has 0 aliphatic carbocycles. The molecule has 0 unspecified atom stereocenters. The number of nitrogens with zero attached hydrogens (tertiary/aromatic N) is 2. The summed E-state index contributed by atoms with van der Waals surface area (Å²) in [5.41, 5.74) is 6.32. The van der Waals surface area contributed by atoms with Crippen molar-refractivity contribution < 1.29 is 24.3 Å². The van der Waals surface area contributed by atoms with Crippen molar-refractivity contribution >= 4 is 34.7 Å². The van der Waals surface area contributed by atoms with Crippen molar-refractivity contribution in [1.29, 1.82) is 0 Å². The number of primary amides is 1. The van der Waals surface area contributed by atoms with Gasteiger partial charge in [-0.2, -0.15) is 0 Å². The molecule has 3 atom stereocenters. The third-order valence-corrected chi connectivity index (χ3v) is 7.37. The number of rotatable bonds is 14. The molecule has 0 bridgehead atoms. The number of β-amino-alcohol motifs (C(OH)–C–C–N with tert-alkyl or cyclic N) is 1. The lowest BCUT2D eigenvalue weighted by molar-refractivity contribution is -0.128. The van der Waals surface area contributed by atoms with Gasteiger partial charge < -0.3 is 31.7 Å². The zero-order valence-corrected chi connectivity index (χ0v) is 26.7. The van der Waals surface area contributed by atoms with Crippen molar-refractivity contribution in [2.24, 2.45) is 11.7 Å². The third-order valence-electron chi connectivity index (χ3n) is 7.37. The molecule has 0 aliphatic rings. The van der Waals surface area contributed by atoms with Crippen LogP contribution in [0.2, 0.25) is 0 Å². The number of amides is 5. The summed E-state index contributed by atoms with van der Waals surface area (Å²) in [5, 5.41) is 20.7. The van der Waals surface area contributed by atoms with Crippen LogP contribution in [-0.2, 0) is 16.0 Å². The summed E-state index contributed by atoms with van der Waals surface area (Å²) in [6, 6.07) is 17.3. The maximum absolute atomic E-state index is 13.6. The first kappa shape index (κ1) is 35.0. The quantitative estimate of drug-likeness (QED) is 0.186. The van der Waals surface area contributed by atoms with Crippen molar-refractivity contribution in [3.8, 4) is 0 Å². The monoisotopic (exact) mass is 618 g/mol. The fraction of sp³-hybridized carbons (Fsp3) is 0.441. The highest BCUT2D eigenvalue weighted by Gasteiger charge is 2.34. The Morgan fingerprint density at radius 2 is 1.60 bits per heavy atom. The summed E-state index contributed by atoms with van der Waals surface area (Å²) < 4.78 is 0. The number of carbonyl (C=O) groups excluding carboxylic acids is 4. The number of hydrogen-bond acceptors (Lipinski definition) is 6. The Morgan fingerprint density at radius 1 is 0.933 bits per heavy atom. The molecule has 11 heteroatoms. The first-order valence-electron chi connectivity index (χ1n) is 15.3. The summed E-state index contributed by atoms with van der Waals surface area (Å²) in [4.78, 5) is 57.8. The van der Waals surface area contributed by atoms with Crippen LogP contribution in [0.3, 0.4) is 0 Å². The Morgan fingerprint density at radius 3 is 2.24 bits per heavy atom. The maximum atomic E-state index is 13.6. The Bertz CT molecular complexity index is 1460. The van der Waals surface area contributed by atoms with E-state index in [1.54, 1.807) is 18.2 Å². The van der Waals surface area contributed by atoms with E-state index in [1.807, 2.05) is 63.2 Å². The number of aromatic nitrogens is 1. The number of aliphatic hydroxyl groups excluding tert-OH is 1. The summed E-state index contributed by atoms with van der Waals surface area (Å²) in [6.45, 7) is 10.1. The van der Waals surface area contributed by atoms with Crippen molar-refractivity contribution in [3.05, 3.63) is 78.0 Å². The van der Waals surface area contributed by atoms with E-state index in [0.717, 1.165) is 17.4 Å². The van der Waals surface area contributed by atoms with Gasteiger partial charge in [-0.25, -0.2) is 9.78 Å². The minimum absolute atomic E-state index is 0.0705. The first-order chi connectivity index (χ1) is 21.2. The predicted molar refractivity (Wildman–Crippen MR) is 174 cm³/mol. The van der Waals surface area contributed by atoms with Gasteiger partial charge in [0.1, 0.15) is 11.7 Å².